The third-order valence-electron chi connectivity index (χ3n) is 3.03. The summed E-state index contributed by atoms with van der Waals surface area (Å²) in [5, 5.41) is 9.22. The molecule has 0 aromatic carbocycles. The van der Waals surface area contributed by atoms with Gasteiger partial charge in [0, 0.05) is 31.1 Å². The first-order chi connectivity index (χ1) is 9.80. The van der Waals surface area contributed by atoms with Gasteiger partial charge in [0.25, 0.3) is 0 Å². The Balaban J connectivity index is 2.21. The van der Waals surface area contributed by atoms with Gasteiger partial charge in [0.15, 0.2) is 4.34 Å². The Morgan fingerprint density at radius 3 is 2.62 bits per heavy atom. The predicted molar refractivity (Wildman–Crippen MR) is 87.9 cm³/mol. The first-order valence-corrected chi connectivity index (χ1v) is 8.67. The van der Waals surface area contributed by atoms with Gasteiger partial charge in [0.05, 0.1) is 5.69 Å². The van der Waals surface area contributed by atoms with Gasteiger partial charge < -0.3 is 5.32 Å². The molecular formula is C14H23N5S2. The summed E-state index contributed by atoms with van der Waals surface area (Å²) < 4.78 is 7.26. The van der Waals surface area contributed by atoms with Gasteiger partial charge in [-0.05, 0) is 51.0 Å². The summed E-state index contributed by atoms with van der Waals surface area (Å²) in [5.41, 5.74) is 2.39. The summed E-state index contributed by atoms with van der Waals surface area (Å²) in [4.78, 5) is 4.53. The quantitative estimate of drug-likeness (QED) is 0.915. The number of rotatable bonds is 5. The second-order valence-electron chi connectivity index (χ2n) is 6.03. The van der Waals surface area contributed by atoms with Gasteiger partial charge in [0.2, 0.25) is 0 Å². The highest BCUT2D eigenvalue weighted by molar-refractivity contribution is 8.00. The van der Waals surface area contributed by atoms with Crippen LogP contribution in [-0.2, 0) is 20.0 Å². The molecule has 0 saturated heterocycles. The minimum absolute atomic E-state index is 0.0857. The van der Waals surface area contributed by atoms with Crippen molar-refractivity contribution < 1.29 is 0 Å². The molecule has 116 valence electrons. The summed E-state index contributed by atoms with van der Waals surface area (Å²) in [6.07, 6.45) is 0.875. The van der Waals surface area contributed by atoms with Gasteiger partial charge in [-0.2, -0.15) is 9.47 Å². The molecule has 0 saturated carbocycles. The summed E-state index contributed by atoms with van der Waals surface area (Å²) in [7, 11) is 1.98. The lowest BCUT2D eigenvalue weighted by molar-refractivity contribution is 0.421. The van der Waals surface area contributed by atoms with Crippen molar-refractivity contribution >= 4 is 23.3 Å². The third kappa shape index (κ3) is 4.28. The number of aryl methyl sites for hydroxylation is 3. The van der Waals surface area contributed by atoms with Crippen molar-refractivity contribution in [1.29, 1.82) is 0 Å². The molecular weight excluding hydrogens is 302 g/mol. The van der Waals surface area contributed by atoms with Gasteiger partial charge in [-0.15, -0.1) is 0 Å². The fourth-order valence-electron chi connectivity index (χ4n) is 1.87. The maximum Gasteiger partial charge on any atom is 0.176 e. The molecule has 0 aliphatic rings. The van der Waals surface area contributed by atoms with Crippen molar-refractivity contribution in [1.82, 2.24) is 24.5 Å². The zero-order valence-electron chi connectivity index (χ0n) is 13.5. The molecule has 2 heterocycles. The normalized spacial score (nSPS) is 12.1. The number of hydrogen-bond donors (Lipinski definition) is 1. The first-order valence-electron chi connectivity index (χ1n) is 7.08. The van der Waals surface area contributed by atoms with Crippen LogP contribution in [-0.4, -0.2) is 24.7 Å². The van der Waals surface area contributed by atoms with E-state index in [2.05, 4.69) is 54.4 Å². The number of aromatic nitrogens is 4. The first kappa shape index (κ1) is 16.5. The highest BCUT2D eigenvalue weighted by Crippen LogP contribution is 2.32. The Labute approximate surface area is 134 Å². The van der Waals surface area contributed by atoms with Crippen molar-refractivity contribution in [2.45, 2.75) is 62.5 Å². The van der Waals surface area contributed by atoms with Gasteiger partial charge in [-0.1, -0.05) is 6.92 Å². The highest BCUT2D eigenvalue weighted by Gasteiger charge is 2.18. The molecule has 0 spiro atoms. The molecule has 0 atom stereocenters. The largest absolute Gasteiger partial charge is 0.308 e. The fraction of sp³-hybridized carbons (Fsp3) is 0.643. The SMILES string of the molecule is CCc1nsc(Sc2c(CNC(C)(C)C)c(C)nn2C)n1. The van der Waals surface area contributed by atoms with E-state index in [9.17, 15) is 0 Å². The molecule has 7 heteroatoms. The van der Waals surface area contributed by atoms with Crippen molar-refractivity contribution in [3.63, 3.8) is 0 Å². The summed E-state index contributed by atoms with van der Waals surface area (Å²) in [6.45, 7) is 11.5. The number of hydrogen-bond acceptors (Lipinski definition) is 6. The van der Waals surface area contributed by atoms with Crippen LogP contribution < -0.4 is 5.32 Å². The summed E-state index contributed by atoms with van der Waals surface area (Å²) in [6, 6.07) is 0. The lowest BCUT2D eigenvalue weighted by Crippen LogP contribution is -2.35. The van der Waals surface area contributed by atoms with E-state index >= 15 is 0 Å². The topological polar surface area (TPSA) is 55.6 Å². The van der Waals surface area contributed by atoms with E-state index in [1.165, 1.54) is 17.1 Å². The molecule has 0 aliphatic heterocycles. The van der Waals surface area contributed by atoms with E-state index < -0.39 is 0 Å². The standard InChI is InChI=1S/C14H23N5S2/c1-7-11-16-13(21-18-11)20-12-10(8-15-14(3,4)5)9(2)17-19(12)6/h15H,7-8H2,1-6H3. The van der Waals surface area contributed by atoms with Crippen molar-refractivity contribution in [2.24, 2.45) is 7.05 Å². The zero-order chi connectivity index (χ0) is 15.6. The lowest BCUT2D eigenvalue weighted by Gasteiger charge is -2.20. The monoisotopic (exact) mass is 325 g/mol. The van der Waals surface area contributed by atoms with Crippen LogP contribution in [0.3, 0.4) is 0 Å². The minimum Gasteiger partial charge on any atom is -0.308 e. The molecule has 2 aromatic rings. The molecule has 5 nitrogen and oxygen atoms in total. The Morgan fingerprint density at radius 2 is 2.05 bits per heavy atom. The molecule has 2 rings (SSSR count). The van der Waals surface area contributed by atoms with Crippen LogP contribution in [0.1, 0.15) is 44.8 Å². The molecule has 2 aromatic heterocycles. The Hall–Kier alpha value is -0.920. The predicted octanol–water partition coefficient (Wildman–Crippen LogP) is 3.18. The molecule has 0 fully saturated rings. The maximum absolute atomic E-state index is 4.55. The number of nitrogens with zero attached hydrogens (tertiary/aromatic N) is 4. The minimum atomic E-state index is 0.0857. The highest BCUT2D eigenvalue weighted by atomic mass is 32.2. The molecule has 1 N–H and O–H groups in total. The van der Waals surface area contributed by atoms with E-state index in [-0.39, 0.29) is 5.54 Å². The molecule has 21 heavy (non-hydrogen) atoms. The van der Waals surface area contributed by atoms with E-state index in [1.54, 1.807) is 11.8 Å². The Kier molecular flexibility index (Phi) is 5.06. The number of nitrogens with one attached hydrogen (secondary N) is 1. The van der Waals surface area contributed by atoms with Crippen molar-refractivity contribution in [3.8, 4) is 0 Å². The second-order valence-corrected chi connectivity index (χ2v) is 8.02. The van der Waals surface area contributed by atoms with Crippen LogP contribution in [0.4, 0.5) is 0 Å². The van der Waals surface area contributed by atoms with Gasteiger partial charge >= 0.3 is 0 Å². The molecule has 0 aliphatic carbocycles. The maximum atomic E-state index is 4.55. The van der Waals surface area contributed by atoms with Crippen LogP contribution >= 0.6 is 23.3 Å². The van der Waals surface area contributed by atoms with Crippen LogP contribution in [0.25, 0.3) is 0 Å². The van der Waals surface area contributed by atoms with E-state index in [0.717, 1.165) is 33.8 Å². The summed E-state index contributed by atoms with van der Waals surface area (Å²) >= 11 is 3.11. The van der Waals surface area contributed by atoms with Crippen LogP contribution in [0.15, 0.2) is 9.37 Å². The van der Waals surface area contributed by atoms with E-state index in [4.69, 9.17) is 0 Å². The smallest absolute Gasteiger partial charge is 0.176 e. The molecule has 0 unspecified atom stereocenters. The van der Waals surface area contributed by atoms with E-state index in [1.807, 2.05) is 11.7 Å². The van der Waals surface area contributed by atoms with Crippen molar-refractivity contribution in [2.75, 3.05) is 0 Å². The Morgan fingerprint density at radius 1 is 1.33 bits per heavy atom. The van der Waals surface area contributed by atoms with Crippen LogP contribution in [0, 0.1) is 6.92 Å². The van der Waals surface area contributed by atoms with Crippen molar-refractivity contribution in [3.05, 3.63) is 17.1 Å². The van der Waals surface area contributed by atoms with Crippen LogP contribution in [0.5, 0.6) is 0 Å². The lowest BCUT2D eigenvalue weighted by atomic mass is 10.1. The molecule has 0 amide bonds. The van der Waals surface area contributed by atoms with E-state index in [0.29, 0.717) is 0 Å². The van der Waals surface area contributed by atoms with Crippen LogP contribution in [0.2, 0.25) is 0 Å². The molecule has 0 radical (unpaired) electrons. The third-order valence-corrected chi connectivity index (χ3v) is 5.03. The Bertz CT molecular complexity index is 609. The van der Waals surface area contributed by atoms with Gasteiger partial charge in [-0.25, -0.2) is 4.98 Å². The molecule has 0 bridgehead atoms. The van der Waals surface area contributed by atoms with Gasteiger partial charge in [0.1, 0.15) is 10.9 Å². The average Bonchev–Trinajstić information content (AvgIpc) is 2.93. The fourth-order valence-corrected chi connectivity index (χ4v) is 3.70. The average molecular weight is 326 g/mol. The zero-order valence-corrected chi connectivity index (χ0v) is 15.2. The second kappa shape index (κ2) is 6.46. The van der Waals surface area contributed by atoms with Gasteiger partial charge in [-0.3, -0.25) is 4.68 Å². The summed E-state index contributed by atoms with van der Waals surface area (Å²) in [5.74, 6) is 0.913.